The number of hydrogen-bond donors (Lipinski definition) is 1. The quantitative estimate of drug-likeness (QED) is 0.624. The first-order valence-corrected chi connectivity index (χ1v) is 11.3. The zero-order valence-corrected chi connectivity index (χ0v) is 18.8. The molecule has 1 aromatic rings. The Bertz CT molecular complexity index is 815. The molecule has 2 atom stereocenters. The van der Waals surface area contributed by atoms with Crippen molar-refractivity contribution in [2.75, 3.05) is 13.2 Å². The minimum atomic E-state index is -0.549. The molecule has 0 unspecified atom stereocenters. The Hall–Kier alpha value is -2.36. The minimum absolute atomic E-state index is 0.0794. The molecule has 10 nitrogen and oxygen atoms in total. The molecular weight excluding hydrogens is 402 g/mol. The molecule has 1 aliphatic carbocycles. The van der Waals surface area contributed by atoms with Crippen LogP contribution >= 0.6 is 0 Å². The maximum Gasteiger partial charge on any atom is 0.408 e. The lowest BCUT2D eigenvalue weighted by atomic mass is 10.0. The van der Waals surface area contributed by atoms with Gasteiger partial charge in [-0.1, -0.05) is 13.3 Å². The lowest BCUT2D eigenvalue weighted by Gasteiger charge is -2.27. The molecule has 3 heterocycles. The molecule has 31 heavy (non-hydrogen) atoms. The number of hydrogen-bond acceptors (Lipinski definition) is 7. The van der Waals surface area contributed by atoms with Crippen molar-refractivity contribution >= 4 is 12.1 Å². The molecule has 1 N–H and O–H groups in total. The van der Waals surface area contributed by atoms with Gasteiger partial charge in [0.2, 0.25) is 11.8 Å². The third-order valence-electron chi connectivity index (χ3n) is 5.93. The highest BCUT2D eigenvalue weighted by molar-refractivity contribution is 5.77. The van der Waals surface area contributed by atoms with Crippen LogP contribution in [0.25, 0.3) is 0 Å². The Labute approximate surface area is 182 Å². The predicted octanol–water partition coefficient (Wildman–Crippen LogP) is 3.34. The zero-order valence-electron chi connectivity index (χ0n) is 18.8. The number of carbonyl (C=O) groups excluding carboxylic acids is 2. The molecule has 1 aromatic heterocycles. The number of nitrogens with zero attached hydrogens (tertiary/aromatic N) is 4. The number of urea groups is 1. The number of aromatic nitrogens is 2. The maximum absolute atomic E-state index is 12.8. The molecule has 0 radical (unpaired) electrons. The molecule has 0 aromatic carbocycles. The van der Waals surface area contributed by atoms with Crippen LogP contribution in [-0.2, 0) is 16.0 Å². The van der Waals surface area contributed by atoms with Gasteiger partial charge < -0.3 is 19.4 Å². The monoisotopic (exact) mass is 435 g/mol. The van der Waals surface area contributed by atoms with E-state index in [0.29, 0.717) is 31.4 Å². The van der Waals surface area contributed by atoms with E-state index in [-0.39, 0.29) is 18.1 Å². The first-order chi connectivity index (χ1) is 14.7. The van der Waals surface area contributed by atoms with Crippen LogP contribution in [0.4, 0.5) is 9.59 Å². The Balaban J connectivity index is 1.36. The van der Waals surface area contributed by atoms with Crippen LogP contribution in [-0.4, -0.2) is 62.6 Å². The van der Waals surface area contributed by atoms with Gasteiger partial charge in [-0.15, -0.1) is 10.2 Å². The summed E-state index contributed by atoms with van der Waals surface area (Å²) in [6.45, 7) is 8.75. The van der Waals surface area contributed by atoms with Gasteiger partial charge in [-0.3, -0.25) is 4.84 Å². The SMILES string of the molecule is CCCCON1C(=O)N2C[C@@H]1CC[C@H]2c1nnc(CC2(NC(=O)OC(C)(C)C)CC2)o1. The molecular formula is C21H33N5O5. The third-order valence-corrected chi connectivity index (χ3v) is 5.93. The number of nitrogens with one attached hydrogen (secondary N) is 1. The van der Waals surface area contributed by atoms with E-state index in [1.54, 1.807) is 4.90 Å². The maximum atomic E-state index is 12.8. The largest absolute Gasteiger partial charge is 0.444 e. The van der Waals surface area contributed by atoms with E-state index in [4.69, 9.17) is 14.0 Å². The summed E-state index contributed by atoms with van der Waals surface area (Å²) in [6.07, 6.45) is 5.23. The predicted molar refractivity (Wildman–Crippen MR) is 110 cm³/mol. The van der Waals surface area contributed by atoms with Crippen molar-refractivity contribution in [1.82, 2.24) is 25.5 Å². The van der Waals surface area contributed by atoms with Crippen LogP contribution in [0.3, 0.4) is 0 Å². The lowest BCUT2D eigenvalue weighted by Crippen LogP contribution is -2.42. The van der Waals surface area contributed by atoms with Gasteiger partial charge >= 0.3 is 12.1 Å². The number of alkyl carbamates (subject to hydrolysis) is 1. The second-order valence-corrected chi connectivity index (χ2v) is 9.81. The van der Waals surface area contributed by atoms with Crippen molar-refractivity contribution in [3.63, 3.8) is 0 Å². The fraction of sp³-hybridized carbons (Fsp3) is 0.810. The first kappa shape index (κ1) is 21.9. The summed E-state index contributed by atoms with van der Waals surface area (Å²) in [7, 11) is 0. The summed E-state index contributed by atoms with van der Waals surface area (Å²) >= 11 is 0. The van der Waals surface area contributed by atoms with Gasteiger partial charge in [-0.05, 0) is 52.9 Å². The third kappa shape index (κ3) is 4.94. The second kappa shape index (κ2) is 8.29. The fourth-order valence-electron chi connectivity index (χ4n) is 4.14. The van der Waals surface area contributed by atoms with Crippen molar-refractivity contribution in [2.24, 2.45) is 0 Å². The van der Waals surface area contributed by atoms with Gasteiger partial charge in [-0.2, -0.15) is 5.06 Å². The summed E-state index contributed by atoms with van der Waals surface area (Å²) in [6, 6.07) is -0.289. The zero-order chi connectivity index (χ0) is 22.2. The van der Waals surface area contributed by atoms with Crippen LogP contribution in [0.15, 0.2) is 4.42 Å². The molecule has 2 bridgehead atoms. The average Bonchev–Trinajstić information content (AvgIpc) is 3.18. The summed E-state index contributed by atoms with van der Waals surface area (Å²) in [4.78, 5) is 32.5. The number of hydroxylamine groups is 2. The van der Waals surface area contributed by atoms with Gasteiger partial charge in [-0.25, -0.2) is 9.59 Å². The lowest BCUT2D eigenvalue weighted by molar-refractivity contribution is -0.130. The van der Waals surface area contributed by atoms with Crippen molar-refractivity contribution in [1.29, 1.82) is 0 Å². The molecule has 1 saturated carbocycles. The first-order valence-electron chi connectivity index (χ1n) is 11.3. The van der Waals surface area contributed by atoms with E-state index in [2.05, 4.69) is 22.4 Å². The van der Waals surface area contributed by atoms with Gasteiger partial charge in [0.1, 0.15) is 11.6 Å². The number of ether oxygens (including phenoxy) is 1. The second-order valence-electron chi connectivity index (χ2n) is 9.81. The Morgan fingerprint density at radius 3 is 2.74 bits per heavy atom. The molecule has 172 valence electrons. The van der Waals surface area contributed by atoms with Crippen molar-refractivity contribution in [3.8, 4) is 0 Å². The summed E-state index contributed by atoms with van der Waals surface area (Å²) in [5, 5.41) is 12.9. The summed E-state index contributed by atoms with van der Waals surface area (Å²) in [5.74, 6) is 0.915. The Morgan fingerprint density at radius 2 is 2.06 bits per heavy atom. The molecule has 0 spiro atoms. The van der Waals surface area contributed by atoms with E-state index < -0.39 is 17.2 Å². The highest BCUT2D eigenvalue weighted by atomic mass is 16.7. The molecule has 4 rings (SSSR count). The minimum Gasteiger partial charge on any atom is -0.444 e. The molecule has 3 fully saturated rings. The summed E-state index contributed by atoms with van der Waals surface area (Å²) < 4.78 is 11.3. The number of carbonyl (C=O) groups is 2. The van der Waals surface area contributed by atoms with E-state index in [0.717, 1.165) is 38.5 Å². The van der Waals surface area contributed by atoms with Crippen LogP contribution in [0, 0.1) is 0 Å². The van der Waals surface area contributed by atoms with E-state index >= 15 is 0 Å². The normalized spacial score (nSPS) is 24.5. The summed E-state index contributed by atoms with van der Waals surface area (Å²) in [5.41, 5.74) is -0.940. The van der Waals surface area contributed by atoms with E-state index in [9.17, 15) is 9.59 Å². The van der Waals surface area contributed by atoms with Crippen LogP contribution in [0.5, 0.6) is 0 Å². The van der Waals surface area contributed by atoms with Gasteiger partial charge in [0.15, 0.2) is 0 Å². The Morgan fingerprint density at radius 1 is 1.29 bits per heavy atom. The standard InChI is InChI=1S/C21H33N5O5/c1-5-6-11-29-26-14-7-8-15(25(13-14)19(26)28)17-24-23-16(30-17)12-21(9-10-21)22-18(27)31-20(2,3)4/h14-15H,5-13H2,1-4H3,(H,22,27)/t14-,15-/m0/s1. The van der Waals surface area contributed by atoms with Crippen LogP contribution in [0.2, 0.25) is 0 Å². The molecule has 3 aliphatic rings. The molecule has 2 saturated heterocycles. The van der Waals surface area contributed by atoms with Gasteiger partial charge in [0, 0.05) is 13.0 Å². The van der Waals surface area contributed by atoms with E-state index in [1.165, 1.54) is 5.06 Å². The highest BCUT2D eigenvalue weighted by Crippen LogP contribution is 2.41. The number of rotatable bonds is 8. The van der Waals surface area contributed by atoms with E-state index in [1.807, 2.05) is 20.8 Å². The molecule has 10 heteroatoms. The fourth-order valence-corrected chi connectivity index (χ4v) is 4.14. The Kier molecular flexibility index (Phi) is 5.85. The van der Waals surface area contributed by atoms with Crippen molar-refractivity contribution in [2.45, 2.75) is 95.9 Å². The van der Waals surface area contributed by atoms with Crippen LogP contribution < -0.4 is 5.32 Å². The van der Waals surface area contributed by atoms with Gasteiger partial charge in [0.05, 0.1) is 18.2 Å². The molecule has 3 amide bonds. The number of piperidine rings is 1. The van der Waals surface area contributed by atoms with Crippen LogP contribution in [0.1, 0.15) is 84.0 Å². The van der Waals surface area contributed by atoms with Gasteiger partial charge in [0.25, 0.3) is 0 Å². The molecule has 2 aliphatic heterocycles. The van der Waals surface area contributed by atoms with Crippen molar-refractivity contribution in [3.05, 3.63) is 11.8 Å². The number of amides is 3. The average molecular weight is 436 g/mol. The highest BCUT2D eigenvalue weighted by Gasteiger charge is 2.49. The smallest absolute Gasteiger partial charge is 0.408 e. The van der Waals surface area contributed by atoms with Crippen molar-refractivity contribution < 1.29 is 23.6 Å². The number of unbranched alkanes of at least 4 members (excludes halogenated alkanes) is 1. The number of fused-ring (bicyclic) bond motifs is 2. The topological polar surface area (TPSA) is 110 Å².